The first-order valence-electron chi connectivity index (χ1n) is 8.65. The van der Waals surface area contributed by atoms with E-state index in [4.69, 9.17) is 0 Å². The van der Waals surface area contributed by atoms with Crippen LogP contribution in [0.1, 0.15) is 40.3 Å². The van der Waals surface area contributed by atoms with Crippen LogP contribution in [0.15, 0.2) is 41.5 Å². The third-order valence-corrected chi connectivity index (χ3v) is 4.68. The van der Waals surface area contributed by atoms with Gasteiger partial charge in [0, 0.05) is 11.4 Å². The fourth-order valence-electron chi connectivity index (χ4n) is 3.32. The van der Waals surface area contributed by atoms with Crippen molar-refractivity contribution in [3.05, 3.63) is 69.7 Å². The smallest absolute Gasteiger partial charge is 0.261 e. The number of nitrogens with one attached hydrogen (secondary N) is 2. The highest BCUT2D eigenvalue weighted by Gasteiger charge is 2.17. The number of aromatic amines is 1. The molecular weight excluding hydrogens is 330 g/mol. The SMILES string of the molecule is Cc1nncn1-c1cccc(NC(=O)c2cc3c([nH]c2=O)CCCC3)c1. The lowest BCUT2D eigenvalue weighted by Gasteiger charge is -2.16. The summed E-state index contributed by atoms with van der Waals surface area (Å²) in [5.41, 5.74) is 3.28. The molecule has 1 aliphatic carbocycles. The average molecular weight is 349 g/mol. The number of aromatic nitrogens is 4. The molecule has 0 saturated heterocycles. The lowest BCUT2D eigenvalue weighted by molar-refractivity contribution is 0.102. The zero-order valence-corrected chi connectivity index (χ0v) is 14.5. The van der Waals surface area contributed by atoms with Crippen LogP contribution in [0.5, 0.6) is 0 Å². The number of amides is 1. The Hall–Kier alpha value is -3.22. The molecule has 0 unspecified atom stereocenters. The molecular formula is C19H19N5O2. The molecule has 0 atom stereocenters. The third-order valence-electron chi connectivity index (χ3n) is 4.68. The highest BCUT2D eigenvalue weighted by atomic mass is 16.2. The van der Waals surface area contributed by atoms with Crippen LogP contribution >= 0.6 is 0 Å². The van der Waals surface area contributed by atoms with Crippen LogP contribution in [-0.4, -0.2) is 25.7 Å². The average Bonchev–Trinajstić information content (AvgIpc) is 3.07. The van der Waals surface area contributed by atoms with E-state index in [2.05, 4.69) is 20.5 Å². The first-order chi connectivity index (χ1) is 12.6. The molecule has 0 fully saturated rings. The van der Waals surface area contributed by atoms with Gasteiger partial charge in [-0.1, -0.05) is 6.07 Å². The number of rotatable bonds is 3. The molecule has 4 rings (SSSR count). The van der Waals surface area contributed by atoms with Gasteiger partial charge in [0.15, 0.2) is 0 Å². The van der Waals surface area contributed by atoms with Crippen molar-refractivity contribution in [3.63, 3.8) is 0 Å². The molecule has 132 valence electrons. The van der Waals surface area contributed by atoms with Gasteiger partial charge in [-0.15, -0.1) is 10.2 Å². The summed E-state index contributed by atoms with van der Waals surface area (Å²) in [7, 11) is 0. The maximum absolute atomic E-state index is 12.6. The highest BCUT2D eigenvalue weighted by Crippen LogP contribution is 2.20. The summed E-state index contributed by atoms with van der Waals surface area (Å²) in [4.78, 5) is 27.8. The van der Waals surface area contributed by atoms with Crippen LogP contribution in [0.2, 0.25) is 0 Å². The highest BCUT2D eigenvalue weighted by molar-refractivity contribution is 6.04. The van der Waals surface area contributed by atoms with E-state index in [1.54, 1.807) is 18.5 Å². The van der Waals surface area contributed by atoms with Crippen molar-refractivity contribution >= 4 is 11.6 Å². The summed E-state index contributed by atoms with van der Waals surface area (Å²) in [6.45, 7) is 1.85. The van der Waals surface area contributed by atoms with Crippen molar-refractivity contribution in [2.75, 3.05) is 5.32 Å². The van der Waals surface area contributed by atoms with Crippen LogP contribution in [0.3, 0.4) is 0 Å². The van der Waals surface area contributed by atoms with Gasteiger partial charge in [-0.2, -0.15) is 0 Å². The van der Waals surface area contributed by atoms with Gasteiger partial charge in [-0.3, -0.25) is 14.2 Å². The molecule has 2 aromatic heterocycles. The number of hydrogen-bond acceptors (Lipinski definition) is 4. The number of benzene rings is 1. The summed E-state index contributed by atoms with van der Waals surface area (Å²) < 4.78 is 1.82. The van der Waals surface area contributed by atoms with Crippen LogP contribution < -0.4 is 10.9 Å². The van der Waals surface area contributed by atoms with Crippen molar-refractivity contribution in [1.82, 2.24) is 19.7 Å². The number of H-pyrrole nitrogens is 1. The minimum absolute atomic E-state index is 0.150. The molecule has 2 N–H and O–H groups in total. The third kappa shape index (κ3) is 3.03. The van der Waals surface area contributed by atoms with Gasteiger partial charge in [0.25, 0.3) is 11.5 Å². The topological polar surface area (TPSA) is 92.7 Å². The fourth-order valence-corrected chi connectivity index (χ4v) is 3.32. The van der Waals surface area contributed by atoms with Crippen molar-refractivity contribution in [2.24, 2.45) is 0 Å². The quantitative estimate of drug-likeness (QED) is 0.759. The van der Waals surface area contributed by atoms with E-state index >= 15 is 0 Å². The van der Waals surface area contributed by atoms with Crippen LogP contribution in [0.4, 0.5) is 5.69 Å². The van der Waals surface area contributed by atoms with Gasteiger partial charge in [0.1, 0.15) is 17.7 Å². The van der Waals surface area contributed by atoms with Gasteiger partial charge in [0.05, 0.1) is 5.69 Å². The zero-order chi connectivity index (χ0) is 18.1. The van der Waals surface area contributed by atoms with E-state index in [0.717, 1.165) is 48.5 Å². The Bertz CT molecular complexity index is 1030. The number of nitrogens with zero attached hydrogens (tertiary/aromatic N) is 3. The molecule has 0 bridgehead atoms. The van der Waals surface area contributed by atoms with Gasteiger partial charge in [-0.05, 0) is 62.4 Å². The monoisotopic (exact) mass is 349 g/mol. The van der Waals surface area contributed by atoms with E-state index < -0.39 is 5.91 Å². The molecule has 0 saturated carbocycles. The summed E-state index contributed by atoms with van der Waals surface area (Å²) in [5, 5.41) is 10.6. The number of anilines is 1. The predicted octanol–water partition coefficient (Wildman–Crippen LogP) is 2.40. The summed E-state index contributed by atoms with van der Waals surface area (Å²) in [6, 6.07) is 9.07. The molecule has 1 aliphatic rings. The molecule has 1 amide bonds. The Morgan fingerprint density at radius 3 is 2.88 bits per heavy atom. The maximum Gasteiger partial charge on any atom is 0.261 e. The number of hydrogen-bond donors (Lipinski definition) is 2. The van der Waals surface area contributed by atoms with Crippen molar-refractivity contribution in [2.45, 2.75) is 32.6 Å². The Balaban J connectivity index is 1.61. The first-order valence-corrected chi connectivity index (χ1v) is 8.65. The van der Waals surface area contributed by atoms with Crippen molar-refractivity contribution in [1.29, 1.82) is 0 Å². The molecule has 7 heteroatoms. The number of pyridine rings is 1. The Labute approximate surface area is 150 Å². The summed E-state index contributed by atoms with van der Waals surface area (Å²) in [6.07, 6.45) is 5.54. The maximum atomic E-state index is 12.6. The standard InChI is InChI=1S/C19H19N5O2/c1-12-23-20-11-24(12)15-7-4-6-14(10-15)21-18(25)16-9-13-5-2-3-8-17(13)22-19(16)26/h4,6-7,9-11H,2-3,5,8H2,1H3,(H,21,25)(H,22,26). The van der Waals surface area contributed by atoms with Crippen LogP contribution in [-0.2, 0) is 12.8 Å². The molecule has 0 aliphatic heterocycles. The minimum Gasteiger partial charge on any atom is -0.325 e. The molecule has 0 radical (unpaired) electrons. The lowest BCUT2D eigenvalue weighted by Crippen LogP contribution is -2.26. The molecule has 2 heterocycles. The number of carbonyl (C=O) groups excluding carboxylic acids is 1. The molecule has 3 aromatic rings. The van der Waals surface area contributed by atoms with Crippen molar-refractivity contribution in [3.8, 4) is 5.69 Å². The lowest BCUT2D eigenvalue weighted by atomic mass is 9.95. The molecule has 1 aromatic carbocycles. The summed E-state index contributed by atoms with van der Waals surface area (Å²) >= 11 is 0. The Morgan fingerprint density at radius 1 is 1.23 bits per heavy atom. The normalized spacial score (nSPS) is 13.3. The van der Waals surface area contributed by atoms with E-state index in [1.807, 2.05) is 29.7 Å². The molecule has 0 spiro atoms. The van der Waals surface area contributed by atoms with E-state index in [0.29, 0.717) is 5.69 Å². The Kier molecular flexibility index (Phi) is 4.12. The summed E-state index contributed by atoms with van der Waals surface area (Å²) in [5.74, 6) is 0.344. The van der Waals surface area contributed by atoms with Crippen LogP contribution in [0.25, 0.3) is 5.69 Å². The second kappa shape index (κ2) is 6.59. The van der Waals surface area contributed by atoms with E-state index in [-0.39, 0.29) is 11.1 Å². The van der Waals surface area contributed by atoms with Gasteiger partial charge in [-0.25, -0.2) is 0 Å². The minimum atomic E-state index is -0.405. The van der Waals surface area contributed by atoms with Gasteiger partial charge in [0.2, 0.25) is 0 Å². The van der Waals surface area contributed by atoms with Gasteiger partial charge >= 0.3 is 0 Å². The van der Waals surface area contributed by atoms with E-state index in [9.17, 15) is 9.59 Å². The second-order valence-corrected chi connectivity index (χ2v) is 6.48. The van der Waals surface area contributed by atoms with Crippen LogP contribution in [0, 0.1) is 6.92 Å². The number of carbonyl (C=O) groups is 1. The number of aryl methyl sites for hydroxylation is 3. The fraction of sp³-hybridized carbons (Fsp3) is 0.263. The predicted molar refractivity (Wildman–Crippen MR) is 97.8 cm³/mol. The van der Waals surface area contributed by atoms with Gasteiger partial charge < -0.3 is 10.3 Å². The Morgan fingerprint density at radius 2 is 2.08 bits per heavy atom. The molecule has 26 heavy (non-hydrogen) atoms. The zero-order valence-electron chi connectivity index (χ0n) is 14.5. The number of fused-ring (bicyclic) bond motifs is 1. The first kappa shape index (κ1) is 16.3. The largest absolute Gasteiger partial charge is 0.325 e. The van der Waals surface area contributed by atoms with Crippen molar-refractivity contribution < 1.29 is 4.79 Å². The second-order valence-electron chi connectivity index (χ2n) is 6.48. The molecule has 7 nitrogen and oxygen atoms in total. The van der Waals surface area contributed by atoms with E-state index in [1.165, 1.54) is 0 Å².